The highest BCUT2D eigenvalue weighted by Crippen LogP contribution is 2.22. The molecule has 1 aliphatic rings. The molecular formula is C7H7ClO2S2. The predicted octanol–water partition coefficient (Wildman–Crippen LogP) is 2.16. The fourth-order valence-electron chi connectivity index (χ4n) is 0.907. The van der Waals surface area contributed by atoms with E-state index in [0.717, 1.165) is 5.57 Å². The van der Waals surface area contributed by atoms with Gasteiger partial charge in [0.05, 0.1) is 4.91 Å². The van der Waals surface area contributed by atoms with Crippen molar-refractivity contribution in [2.24, 2.45) is 0 Å². The van der Waals surface area contributed by atoms with Crippen LogP contribution in [0.1, 0.15) is 13.3 Å². The summed E-state index contributed by atoms with van der Waals surface area (Å²) in [6.07, 6.45) is 3.85. The van der Waals surface area contributed by atoms with E-state index in [2.05, 4.69) is 0 Å². The van der Waals surface area contributed by atoms with Gasteiger partial charge in [0, 0.05) is 22.0 Å². The van der Waals surface area contributed by atoms with E-state index >= 15 is 0 Å². The van der Waals surface area contributed by atoms with Crippen LogP contribution in [0.4, 0.5) is 0 Å². The van der Waals surface area contributed by atoms with Crippen LogP contribution in [0.2, 0.25) is 0 Å². The van der Waals surface area contributed by atoms with Crippen LogP contribution in [-0.4, -0.2) is 13.3 Å². The van der Waals surface area contributed by atoms with Crippen molar-refractivity contribution in [2.75, 3.05) is 0 Å². The van der Waals surface area contributed by atoms with Gasteiger partial charge in [-0.05, 0) is 13.0 Å². The van der Waals surface area contributed by atoms with Crippen LogP contribution in [0.5, 0.6) is 0 Å². The van der Waals surface area contributed by atoms with Crippen LogP contribution >= 0.6 is 22.9 Å². The topological polar surface area (TPSA) is 34.1 Å². The lowest BCUT2D eigenvalue weighted by Crippen LogP contribution is -2.09. The van der Waals surface area contributed by atoms with E-state index in [1.165, 1.54) is 6.08 Å². The van der Waals surface area contributed by atoms with Crippen molar-refractivity contribution in [2.45, 2.75) is 13.3 Å². The van der Waals surface area contributed by atoms with E-state index in [0.29, 0.717) is 11.3 Å². The maximum Gasteiger partial charge on any atom is 0.262 e. The smallest absolute Gasteiger partial charge is 0.207 e. The normalized spacial score (nSPS) is 18.7. The maximum atomic E-state index is 10.9. The third kappa shape index (κ3) is 2.15. The summed E-state index contributed by atoms with van der Waals surface area (Å²) >= 11 is 4.85. The van der Waals surface area contributed by atoms with Gasteiger partial charge in [-0.25, -0.2) is 8.42 Å². The van der Waals surface area contributed by atoms with Crippen LogP contribution < -0.4 is 0 Å². The lowest BCUT2D eigenvalue weighted by molar-refractivity contribution is 0.616. The van der Waals surface area contributed by atoms with Crippen molar-refractivity contribution in [1.29, 1.82) is 0 Å². The summed E-state index contributed by atoms with van der Waals surface area (Å²) in [6.45, 7) is 1.81. The third-order valence-corrected chi connectivity index (χ3v) is 3.41. The number of allylic oxidation sites excluding steroid dienone is 4. The van der Waals surface area contributed by atoms with Crippen LogP contribution in [0, 0.1) is 0 Å². The molecule has 0 bridgehead atoms. The first-order valence-electron chi connectivity index (χ1n) is 3.27. The van der Waals surface area contributed by atoms with Gasteiger partial charge >= 0.3 is 0 Å². The molecule has 66 valence electrons. The van der Waals surface area contributed by atoms with E-state index in [1.807, 2.05) is 13.0 Å². The Hall–Kier alpha value is -0.190. The Morgan fingerprint density at radius 2 is 2.17 bits per heavy atom. The van der Waals surface area contributed by atoms with Crippen molar-refractivity contribution in [3.8, 4) is 0 Å². The highest BCUT2D eigenvalue weighted by Gasteiger charge is 2.20. The zero-order chi connectivity index (χ0) is 9.35. The van der Waals surface area contributed by atoms with Gasteiger partial charge < -0.3 is 0 Å². The Balaban J connectivity index is 3.20. The summed E-state index contributed by atoms with van der Waals surface area (Å²) in [6, 6.07) is 0. The number of hydrogen-bond acceptors (Lipinski definition) is 3. The molecular weight excluding hydrogens is 216 g/mol. The molecule has 0 atom stereocenters. The summed E-state index contributed by atoms with van der Waals surface area (Å²) < 4.78 is 21.8. The summed E-state index contributed by atoms with van der Waals surface area (Å²) in [5.74, 6) is 0. The fraction of sp³-hybridized carbons (Fsp3) is 0.286. The number of rotatable bonds is 1. The number of thiocarbonyl (C=S) groups is 1. The van der Waals surface area contributed by atoms with Crippen LogP contribution in [0.25, 0.3) is 0 Å². The molecule has 0 amide bonds. The van der Waals surface area contributed by atoms with Crippen molar-refractivity contribution >= 4 is 36.8 Å². The molecule has 2 nitrogen and oxygen atoms in total. The molecule has 0 fully saturated rings. The lowest BCUT2D eigenvalue weighted by Gasteiger charge is -2.09. The first-order chi connectivity index (χ1) is 5.41. The van der Waals surface area contributed by atoms with Gasteiger partial charge in [-0.15, -0.1) is 0 Å². The lowest BCUT2D eigenvalue weighted by atomic mass is 10.1. The Morgan fingerprint density at radius 1 is 1.58 bits per heavy atom. The second kappa shape index (κ2) is 3.28. The Morgan fingerprint density at radius 3 is 2.58 bits per heavy atom. The monoisotopic (exact) mass is 222 g/mol. The Kier molecular flexibility index (Phi) is 2.70. The minimum Gasteiger partial charge on any atom is -0.207 e. The Bertz CT molecular complexity index is 376. The second-order valence-electron chi connectivity index (χ2n) is 2.52. The maximum absolute atomic E-state index is 10.9. The van der Waals surface area contributed by atoms with Gasteiger partial charge in [-0.1, -0.05) is 23.9 Å². The van der Waals surface area contributed by atoms with Crippen LogP contribution in [0.15, 0.2) is 22.6 Å². The number of hydrogen-bond donors (Lipinski definition) is 0. The fourth-order valence-corrected chi connectivity index (χ4v) is 2.61. The highest BCUT2D eigenvalue weighted by molar-refractivity contribution is 8.18. The molecule has 0 unspecified atom stereocenters. The summed E-state index contributed by atoms with van der Waals surface area (Å²) in [5.41, 5.74) is 0.878. The molecule has 0 aromatic carbocycles. The first kappa shape index (κ1) is 9.89. The van der Waals surface area contributed by atoms with Crippen molar-refractivity contribution in [3.63, 3.8) is 0 Å². The molecule has 0 heterocycles. The highest BCUT2D eigenvalue weighted by atomic mass is 35.7. The second-order valence-corrected chi connectivity index (χ2v) is 5.55. The van der Waals surface area contributed by atoms with Gasteiger partial charge in [0.2, 0.25) is 0 Å². The molecule has 0 spiro atoms. The van der Waals surface area contributed by atoms with Crippen LogP contribution in [0.3, 0.4) is 0 Å². The van der Waals surface area contributed by atoms with Gasteiger partial charge in [0.15, 0.2) is 0 Å². The van der Waals surface area contributed by atoms with E-state index in [-0.39, 0.29) is 4.91 Å². The molecule has 0 aromatic heterocycles. The molecule has 0 N–H and O–H groups in total. The average Bonchev–Trinajstić information content (AvgIpc) is 1.92. The zero-order valence-electron chi connectivity index (χ0n) is 6.37. The van der Waals surface area contributed by atoms with Crippen molar-refractivity contribution in [1.82, 2.24) is 0 Å². The minimum atomic E-state index is -3.66. The largest absolute Gasteiger partial charge is 0.262 e. The summed E-state index contributed by atoms with van der Waals surface area (Å²) in [4.78, 5) is 0.453. The van der Waals surface area contributed by atoms with Gasteiger partial charge in [0.1, 0.15) is 0 Å². The molecule has 0 aromatic rings. The Labute approximate surface area is 81.3 Å². The van der Waals surface area contributed by atoms with E-state index in [9.17, 15) is 8.42 Å². The summed E-state index contributed by atoms with van der Waals surface area (Å²) in [5, 5.41) is 0. The molecule has 0 aliphatic heterocycles. The molecule has 1 aliphatic carbocycles. The molecule has 0 radical (unpaired) electrons. The van der Waals surface area contributed by atoms with Gasteiger partial charge in [-0.3, -0.25) is 0 Å². The van der Waals surface area contributed by atoms with Gasteiger partial charge in [0.25, 0.3) is 9.05 Å². The quantitative estimate of drug-likeness (QED) is 0.504. The van der Waals surface area contributed by atoms with E-state index < -0.39 is 9.05 Å². The molecule has 12 heavy (non-hydrogen) atoms. The molecule has 5 heteroatoms. The number of halogens is 1. The summed E-state index contributed by atoms with van der Waals surface area (Å²) in [7, 11) is 1.50. The van der Waals surface area contributed by atoms with Gasteiger partial charge in [-0.2, -0.15) is 0 Å². The molecule has 1 rings (SSSR count). The van der Waals surface area contributed by atoms with E-state index in [4.69, 9.17) is 22.9 Å². The van der Waals surface area contributed by atoms with E-state index in [1.54, 1.807) is 0 Å². The SMILES string of the molecule is CC1=CCC(=S)C(S(=O)(=O)Cl)=C1. The first-order valence-corrected chi connectivity index (χ1v) is 5.99. The minimum absolute atomic E-state index is 0.0687. The zero-order valence-corrected chi connectivity index (χ0v) is 8.76. The van der Waals surface area contributed by atoms with Crippen molar-refractivity contribution < 1.29 is 8.42 Å². The van der Waals surface area contributed by atoms with Crippen molar-refractivity contribution in [3.05, 3.63) is 22.6 Å². The molecule has 0 saturated heterocycles. The standard InChI is InChI=1S/C7H7ClO2S2/c1-5-2-3-6(11)7(4-5)12(8,9)10/h2,4H,3H2,1H3. The van der Waals surface area contributed by atoms with Crippen LogP contribution in [-0.2, 0) is 9.05 Å². The molecule has 0 saturated carbocycles. The average molecular weight is 223 g/mol. The third-order valence-electron chi connectivity index (χ3n) is 1.51. The predicted molar refractivity (Wildman–Crippen MR) is 53.8 cm³/mol.